The highest BCUT2D eigenvalue weighted by molar-refractivity contribution is 9.11. The smallest absolute Gasteiger partial charge is 0.407 e. The van der Waals surface area contributed by atoms with Crippen LogP contribution in [0.3, 0.4) is 0 Å². The summed E-state index contributed by atoms with van der Waals surface area (Å²) < 4.78 is 7.32. The first kappa shape index (κ1) is 20.3. The van der Waals surface area contributed by atoms with Crippen molar-refractivity contribution in [3.05, 3.63) is 27.1 Å². The van der Waals surface area contributed by atoms with E-state index in [0.717, 1.165) is 21.2 Å². The number of carbonyl (C=O) groups excluding carboxylic acids is 1. The molecule has 0 bridgehead atoms. The molecule has 1 amide bonds. The number of benzene rings is 1. The van der Waals surface area contributed by atoms with Gasteiger partial charge in [0.05, 0.1) is 0 Å². The van der Waals surface area contributed by atoms with Gasteiger partial charge in [0.25, 0.3) is 0 Å². The van der Waals surface area contributed by atoms with Crippen molar-refractivity contribution >= 4 is 43.6 Å². The van der Waals surface area contributed by atoms with Crippen molar-refractivity contribution in [2.24, 2.45) is 11.8 Å². The van der Waals surface area contributed by atoms with Gasteiger partial charge in [0.1, 0.15) is 5.60 Å². The summed E-state index contributed by atoms with van der Waals surface area (Å²) in [5.41, 5.74) is 0.555. The normalized spacial score (nSPS) is 12.9. The van der Waals surface area contributed by atoms with Gasteiger partial charge in [-0.25, -0.2) is 4.79 Å². The summed E-state index contributed by atoms with van der Waals surface area (Å²) in [6.45, 7) is 11.2. The van der Waals surface area contributed by atoms with E-state index in [1.54, 1.807) is 0 Å². The molecule has 0 aliphatic carbocycles. The summed E-state index contributed by atoms with van der Waals surface area (Å²) >= 11 is 7.02. The molecular weight excluding hydrogens is 424 g/mol. The van der Waals surface area contributed by atoms with Crippen molar-refractivity contribution in [2.75, 3.05) is 18.4 Å². The molecule has 4 nitrogen and oxygen atoms in total. The van der Waals surface area contributed by atoms with E-state index in [1.165, 1.54) is 0 Å². The zero-order valence-electron chi connectivity index (χ0n) is 14.4. The van der Waals surface area contributed by atoms with Crippen molar-refractivity contribution in [3.63, 3.8) is 0 Å². The van der Waals surface area contributed by atoms with Gasteiger partial charge in [-0.15, -0.1) is 0 Å². The fourth-order valence-corrected chi connectivity index (χ4v) is 2.69. The maximum Gasteiger partial charge on any atom is 0.407 e. The van der Waals surface area contributed by atoms with Crippen molar-refractivity contribution in [3.8, 4) is 0 Å². The van der Waals surface area contributed by atoms with Crippen LogP contribution in [0.5, 0.6) is 0 Å². The summed E-state index contributed by atoms with van der Waals surface area (Å²) in [4.78, 5) is 11.8. The van der Waals surface area contributed by atoms with Gasteiger partial charge in [0.2, 0.25) is 0 Å². The summed E-state index contributed by atoms with van der Waals surface area (Å²) in [6, 6.07) is 6.01. The second kappa shape index (κ2) is 8.92. The molecule has 0 radical (unpaired) electrons. The highest BCUT2D eigenvalue weighted by Crippen LogP contribution is 2.26. The van der Waals surface area contributed by atoms with Crippen LogP contribution in [0.2, 0.25) is 0 Å². The molecule has 1 atom stereocenters. The third kappa shape index (κ3) is 8.06. The molecule has 0 aliphatic rings. The fourth-order valence-electron chi connectivity index (χ4n) is 1.95. The molecule has 6 heteroatoms. The number of halogens is 2. The van der Waals surface area contributed by atoms with Crippen molar-refractivity contribution in [2.45, 2.75) is 40.2 Å². The summed E-state index contributed by atoms with van der Waals surface area (Å²) in [5.74, 6) is 0.733. The Hall–Kier alpha value is -0.750. The monoisotopic (exact) mass is 448 g/mol. The Bertz CT molecular complexity index is 528. The molecule has 0 aliphatic heterocycles. The van der Waals surface area contributed by atoms with Gasteiger partial charge in [0.15, 0.2) is 0 Å². The number of hydrogen-bond donors (Lipinski definition) is 2. The first-order valence-corrected chi connectivity index (χ1v) is 9.33. The number of carbonyl (C=O) groups is 1. The highest BCUT2D eigenvalue weighted by Gasteiger charge is 2.19. The van der Waals surface area contributed by atoms with Crippen LogP contribution in [-0.2, 0) is 4.74 Å². The molecule has 1 aromatic carbocycles. The average molecular weight is 450 g/mol. The van der Waals surface area contributed by atoms with Gasteiger partial charge in [-0.1, -0.05) is 29.8 Å². The molecule has 0 heterocycles. The molecule has 0 spiro atoms. The third-order valence-corrected chi connectivity index (χ3v) is 4.52. The van der Waals surface area contributed by atoms with E-state index in [0.29, 0.717) is 18.4 Å². The van der Waals surface area contributed by atoms with Crippen LogP contribution < -0.4 is 10.6 Å². The Balaban J connectivity index is 2.56. The second-order valence-electron chi connectivity index (χ2n) is 6.89. The SMILES string of the molecule is CC(C)C(CNC(=O)OC(C)(C)C)CNc1cc(Br)ccc1Br. The minimum atomic E-state index is -0.475. The van der Waals surface area contributed by atoms with E-state index in [4.69, 9.17) is 4.74 Å². The van der Waals surface area contributed by atoms with E-state index in [9.17, 15) is 4.79 Å². The number of rotatable bonds is 6. The number of alkyl carbamates (subject to hydrolysis) is 1. The molecule has 0 saturated carbocycles. The largest absolute Gasteiger partial charge is 0.444 e. The van der Waals surface area contributed by atoms with E-state index in [1.807, 2.05) is 39.0 Å². The summed E-state index contributed by atoms with van der Waals surface area (Å²) in [7, 11) is 0. The maximum absolute atomic E-state index is 11.8. The summed E-state index contributed by atoms with van der Waals surface area (Å²) in [5, 5.41) is 6.30. The quantitative estimate of drug-likeness (QED) is 0.609. The predicted octanol–water partition coefficient (Wildman–Crippen LogP) is 5.42. The van der Waals surface area contributed by atoms with Gasteiger partial charge in [-0.2, -0.15) is 0 Å². The summed E-state index contributed by atoms with van der Waals surface area (Å²) in [6.07, 6.45) is -0.369. The third-order valence-electron chi connectivity index (χ3n) is 3.33. The number of hydrogen-bond acceptors (Lipinski definition) is 3. The van der Waals surface area contributed by atoms with Gasteiger partial charge < -0.3 is 15.4 Å². The molecule has 0 aromatic heterocycles. The standard InChI is InChI=1S/C17H26Br2N2O2/c1-11(2)12(10-21-16(22)23-17(3,4)5)9-20-15-8-13(18)6-7-14(15)19/h6-8,11-12,20H,9-10H2,1-5H3,(H,21,22). The topological polar surface area (TPSA) is 50.4 Å². The van der Waals surface area contributed by atoms with Crippen molar-refractivity contribution < 1.29 is 9.53 Å². The molecule has 1 unspecified atom stereocenters. The van der Waals surface area contributed by atoms with Crippen molar-refractivity contribution in [1.82, 2.24) is 5.32 Å². The molecule has 1 rings (SSSR count). The zero-order chi connectivity index (χ0) is 17.6. The van der Waals surface area contributed by atoms with Crippen LogP contribution in [-0.4, -0.2) is 24.8 Å². The average Bonchev–Trinajstić information content (AvgIpc) is 2.40. The Morgan fingerprint density at radius 2 is 1.87 bits per heavy atom. The molecule has 0 saturated heterocycles. The second-order valence-corrected chi connectivity index (χ2v) is 8.66. The number of amides is 1. The molecule has 1 aromatic rings. The Kier molecular flexibility index (Phi) is 7.87. The lowest BCUT2D eigenvalue weighted by Crippen LogP contribution is -2.38. The maximum atomic E-state index is 11.8. The van der Waals surface area contributed by atoms with Crippen LogP contribution in [0.1, 0.15) is 34.6 Å². The van der Waals surface area contributed by atoms with Crippen LogP contribution in [0.15, 0.2) is 27.1 Å². The van der Waals surface area contributed by atoms with E-state index >= 15 is 0 Å². The highest BCUT2D eigenvalue weighted by atomic mass is 79.9. The van der Waals surface area contributed by atoms with E-state index in [-0.39, 0.29) is 6.09 Å². The Labute approximate surface area is 156 Å². The van der Waals surface area contributed by atoms with Crippen LogP contribution >= 0.6 is 31.9 Å². The lowest BCUT2D eigenvalue weighted by atomic mass is 9.95. The van der Waals surface area contributed by atoms with Gasteiger partial charge in [-0.3, -0.25) is 0 Å². The molecule has 23 heavy (non-hydrogen) atoms. The van der Waals surface area contributed by atoms with Crippen LogP contribution in [0.4, 0.5) is 10.5 Å². The van der Waals surface area contributed by atoms with E-state index in [2.05, 4.69) is 56.3 Å². The minimum absolute atomic E-state index is 0.299. The van der Waals surface area contributed by atoms with Gasteiger partial charge >= 0.3 is 6.09 Å². The molecule has 130 valence electrons. The van der Waals surface area contributed by atoms with Crippen LogP contribution in [0, 0.1) is 11.8 Å². The van der Waals surface area contributed by atoms with Gasteiger partial charge in [-0.05, 0) is 66.7 Å². The number of ether oxygens (including phenoxy) is 1. The first-order chi connectivity index (χ1) is 10.6. The lowest BCUT2D eigenvalue weighted by molar-refractivity contribution is 0.0516. The number of anilines is 1. The molecule has 2 N–H and O–H groups in total. The predicted molar refractivity (Wildman–Crippen MR) is 103 cm³/mol. The minimum Gasteiger partial charge on any atom is -0.444 e. The lowest BCUT2D eigenvalue weighted by Gasteiger charge is -2.24. The first-order valence-electron chi connectivity index (χ1n) is 7.74. The fraction of sp³-hybridized carbons (Fsp3) is 0.588. The number of nitrogens with one attached hydrogen (secondary N) is 2. The van der Waals surface area contributed by atoms with Gasteiger partial charge in [0, 0.05) is 27.7 Å². The zero-order valence-corrected chi connectivity index (χ0v) is 17.5. The van der Waals surface area contributed by atoms with Crippen LogP contribution in [0.25, 0.3) is 0 Å². The molecule has 0 fully saturated rings. The molecular formula is C17H26Br2N2O2. The van der Waals surface area contributed by atoms with E-state index < -0.39 is 5.60 Å². The Morgan fingerprint density at radius 3 is 2.43 bits per heavy atom. The van der Waals surface area contributed by atoms with Crippen molar-refractivity contribution in [1.29, 1.82) is 0 Å². The Morgan fingerprint density at radius 1 is 1.22 bits per heavy atom.